The third-order valence-electron chi connectivity index (χ3n) is 15.4. The highest BCUT2D eigenvalue weighted by molar-refractivity contribution is 5.71. The van der Waals surface area contributed by atoms with Gasteiger partial charge in [0.15, 0.2) is 6.10 Å². The molecule has 1 N–H and O–H groups in total. The van der Waals surface area contributed by atoms with Crippen LogP contribution in [0, 0.1) is 0 Å². The zero-order valence-corrected chi connectivity index (χ0v) is 55.1. The number of carbonyl (C=O) groups is 3. The lowest BCUT2D eigenvalue weighted by Gasteiger charge is -2.25. The Morgan fingerprint density at radius 2 is 0.687 bits per heavy atom. The van der Waals surface area contributed by atoms with Crippen molar-refractivity contribution in [2.75, 3.05) is 47.5 Å². The summed E-state index contributed by atoms with van der Waals surface area (Å²) in [5.74, 6) is -1.99. The maximum atomic E-state index is 12.9. The van der Waals surface area contributed by atoms with Crippen LogP contribution in [0.25, 0.3) is 0 Å². The minimum atomic E-state index is -1.51. The van der Waals surface area contributed by atoms with E-state index >= 15 is 0 Å². The molecule has 0 aromatic heterocycles. The molecule has 0 saturated carbocycles. The topological polar surface area (TPSA) is 108 Å². The second kappa shape index (κ2) is 64.7. The van der Waals surface area contributed by atoms with Gasteiger partial charge in [-0.2, -0.15) is 0 Å². The summed E-state index contributed by atoms with van der Waals surface area (Å²) in [6.07, 6.45) is 83.0. The van der Waals surface area contributed by atoms with Crippen LogP contribution in [0.1, 0.15) is 322 Å². The van der Waals surface area contributed by atoms with Crippen LogP contribution in [0.2, 0.25) is 0 Å². The average molecular weight is 1170 g/mol. The summed E-state index contributed by atoms with van der Waals surface area (Å²) in [4.78, 5) is 37.6. The Balaban J connectivity index is 4.08. The molecule has 83 heavy (non-hydrogen) atoms. The molecule has 9 heteroatoms. The van der Waals surface area contributed by atoms with Crippen molar-refractivity contribution in [3.8, 4) is 0 Å². The summed E-state index contributed by atoms with van der Waals surface area (Å²) < 4.78 is 23.0. The first-order chi connectivity index (χ1) is 40.6. The van der Waals surface area contributed by atoms with Crippen molar-refractivity contribution >= 4 is 17.9 Å². The summed E-state index contributed by atoms with van der Waals surface area (Å²) >= 11 is 0. The number of hydrogen-bond donors (Lipinski definition) is 1. The lowest BCUT2D eigenvalue weighted by molar-refractivity contribution is -0.870. The number of carboxylic acids is 1. The van der Waals surface area contributed by atoms with Gasteiger partial charge in [0.25, 0.3) is 6.29 Å². The van der Waals surface area contributed by atoms with E-state index < -0.39 is 24.3 Å². The van der Waals surface area contributed by atoms with Crippen LogP contribution in [0.3, 0.4) is 0 Å². The van der Waals surface area contributed by atoms with Crippen molar-refractivity contribution in [2.45, 2.75) is 334 Å². The molecule has 0 saturated heterocycles. The SMILES string of the molecule is CC/C=C\C/C=C\C/C=C\C/C=C\CCCCCCCCCCCCCCCCC(=O)OC(COC(=O)CCCCCCCCCCCCCCCCCCCCC/C=C\C/C=C\CCCCCCC)COC(OCC[N+](C)(C)C)C(=O)O. The molecule has 0 aliphatic rings. The van der Waals surface area contributed by atoms with Gasteiger partial charge in [0.1, 0.15) is 13.2 Å². The quantitative estimate of drug-likeness (QED) is 0.0211. The van der Waals surface area contributed by atoms with E-state index in [4.69, 9.17) is 18.9 Å². The van der Waals surface area contributed by atoms with E-state index in [0.29, 0.717) is 17.4 Å². The van der Waals surface area contributed by atoms with Gasteiger partial charge in [-0.25, -0.2) is 4.79 Å². The zero-order valence-electron chi connectivity index (χ0n) is 55.1. The van der Waals surface area contributed by atoms with Crippen molar-refractivity contribution in [3.05, 3.63) is 72.9 Å². The smallest absolute Gasteiger partial charge is 0.361 e. The number of unbranched alkanes of at least 4 members (excludes halogenated alkanes) is 38. The number of quaternary nitrogens is 1. The van der Waals surface area contributed by atoms with Crippen LogP contribution in [-0.2, 0) is 33.3 Å². The number of aliphatic carboxylic acids is 1. The lowest BCUT2D eigenvalue weighted by Crippen LogP contribution is -2.40. The van der Waals surface area contributed by atoms with E-state index in [9.17, 15) is 19.5 Å². The molecule has 0 heterocycles. The van der Waals surface area contributed by atoms with E-state index in [1.54, 1.807) is 0 Å². The first kappa shape index (κ1) is 79.7. The number of likely N-dealkylation sites (N-methyl/N-ethyl adjacent to an activating group) is 1. The minimum Gasteiger partial charge on any atom is -0.477 e. The number of ether oxygens (including phenoxy) is 4. The monoisotopic (exact) mass is 1170 g/mol. The second-order valence-electron chi connectivity index (χ2n) is 24.8. The molecular formula is C74H134NO8+. The van der Waals surface area contributed by atoms with Gasteiger partial charge in [0, 0.05) is 12.8 Å². The van der Waals surface area contributed by atoms with Crippen molar-refractivity contribution in [1.29, 1.82) is 0 Å². The third kappa shape index (κ3) is 66.1. The Kier molecular flexibility index (Phi) is 62.2. The van der Waals surface area contributed by atoms with E-state index in [-0.39, 0.29) is 32.2 Å². The number of carboxylic acid groups (broad SMARTS) is 1. The minimum absolute atomic E-state index is 0.181. The Morgan fingerprint density at radius 3 is 1.02 bits per heavy atom. The van der Waals surface area contributed by atoms with E-state index in [2.05, 4.69) is 86.8 Å². The first-order valence-electron chi connectivity index (χ1n) is 35.1. The van der Waals surface area contributed by atoms with Crippen molar-refractivity contribution in [3.63, 3.8) is 0 Å². The Morgan fingerprint density at radius 1 is 0.373 bits per heavy atom. The Hall–Kier alpha value is -3.27. The van der Waals surface area contributed by atoms with Crippen LogP contribution in [-0.4, -0.2) is 87.4 Å². The predicted molar refractivity (Wildman–Crippen MR) is 355 cm³/mol. The highest BCUT2D eigenvalue weighted by Gasteiger charge is 2.25. The van der Waals surface area contributed by atoms with Gasteiger partial charge in [-0.15, -0.1) is 0 Å². The number of carbonyl (C=O) groups excluding carboxylic acids is 2. The van der Waals surface area contributed by atoms with E-state index in [0.717, 1.165) is 70.6 Å². The standard InChI is InChI=1S/C74H133NO8/c1-6-8-10-12-14-16-18-20-22-24-26-28-30-32-34-35-36-37-39-40-42-44-46-48-50-52-54-56-58-60-62-64-71(76)81-68-70(69-82-74(73(78)79)80-67-66-75(3,4)5)83-72(77)65-63-61-59-57-55-53-51-49-47-45-43-41-38-33-31-29-27-25-23-21-19-17-15-13-11-9-7-2/h9,11,15,17-18,20-21,23-24,26-27,29,70,74H,6-8,10,12-14,16,19,22,25,28,30-69H2,1-5H3/p+1/b11-9-,17-15-,20-18-,23-21-,26-24-,29-27-. The molecule has 0 fully saturated rings. The second-order valence-corrected chi connectivity index (χ2v) is 24.8. The number of hydrogen-bond acceptors (Lipinski definition) is 7. The molecule has 2 unspecified atom stereocenters. The van der Waals surface area contributed by atoms with Crippen molar-refractivity contribution in [2.24, 2.45) is 0 Å². The summed E-state index contributed by atoms with van der Waals surface area (Å²) in [6, 6.07) is 0. The molecule has 0 aliphatic carbocycles. The molecule has 0 bridgehead atoms. The zero-order chi connectivity index (χ0) is 60.5. The Labute approximate surface area is 513 Å². The number of esters is 2. The number of allylic oxidation sites excluding steroid dienone is 12. The van der Waals surface area contributed by atoms with E-state index in [1.807, 2.05) is 21.1 Å². The van der Waals surface area contributed by atoms with Crippen molar-refractivity contribution < 1.29 is 42.9 Å². The van der Waals surface area contributed by atoms with E-state index in [1.165, 1.54) is 225 Å². The van der Waals surface area contributed by atoms with Gasteiger partial charge < -0.3 is 28.5 Å². The third-order valence-corrected chi connectivity index (χ3v) is 15.4. The number of nitrogens with zero attached hydrogens (tertiary/aromatic N) is 1. The molecule has 0 amide bonds. The molecule has 0 aromatic carbocycles. The molecule has 2 atom stereocenters. The van der Waals surface area contributed by atoms with Gasteiger partial charge in [-0.3, -0.25) is 9.59 Å². The van der Waals surface area contributed by atoms with Crippen LogP contribution in [0.5, 0.6) is 0 Å². The Bertz CT molecular complexity index is 1590. The highest BCUT2D eigenvalue weighted by atomic mass is 16.7. The van der Waals surface area contributed by atoms with Gasteiger partial charge in [-0.1, -0.05) is 299 Å². The summed E-state index contributed by atoms with van der Waals surface area (Å²) in [7, 11) is 5.98. The lowest BCUT2D eigenvalue weighted by atomic mass is 10.0. The number of rotatable bonds is 65. The first-order valence-corrected chi connectivity index (χ1v) is 35.1. The fourth-order valence-electron chi connectivity index (χ4n) is 10.1. The molecule has 0 aliphatic heterocycles. The molecular weight excluding hydrogens is 1030 g/mol. The molecule has 0 radical (unpaired) electrons. The van der Waals surface area contributed by atoms with Gasteiger partial charge >= 0.3 is 17.9 Å². The highest BCUT2D eigenvalue weighted by Crippen LogP contribution is 2.18. The molecule has 482 valence electrons. The maximum absolute atomic E-state index is 12.9. The molecule has 0 spiro atoms. The van der Waals surface area contributed by atoms with Crippen LogP contribution in [0.4, 0.5) is 0 Å². The van der Waals surface area contributed by atoms with Crippen LogP contribution >= 0.6 is 0 Å². The summed E-state index contributed by atoms with van der Waals surface area (Å²) in [6.45, 7) is 4.80. The largest absolute Gasteiger partial charge is 0.477 e. The van der Waals surface area contributed by atoms with Gasteiger partial charge in [0.05, 0.1) is 34.4 Å². The predicted octanol–water partition coefficient (Wildman–Crippen LogP) is 21.7. The van der Waals surface area contributed by atoms with Gasteiger partial charge in [-0.05, 0) is 83.5 Å². The van der Waals surface area contributed by atoms with Crippen molar-refractivity contribution in [1.82, 2.24) is 0 Å². The maximum Gasteiger partial charge on any atom is 0.361 e. The molecule has 0 aromatic rings. The van der Waals surface area contributed by atoms with Gasteiger partial charge in [0.2, 0.25) is 0 Å². The van der Waals surface area contributed by atoms with Crippen LogP contribution < -0.4 is 0 Å². The molecule has 0 rings (SSSR count). The average Bonchev–Trinajstić information content (AvgIpc) is 3.46. The summed E-state index contributed by atoms with van der Waals surface area (Å²) in [5.41, 5.74) is 0. The summed E-state index contributed by atoms with van der Waals surface area (Å²) in [5, 5.41) is 9.75. The molecule has 9 nitrogen and oxygen atoms in total. The van der Waals surface area contributed by atoms with Crippen LogP contribution in [0.15, 0.2) is 72.9 Å². The fourth-order valence-corrected chi connectivity index (χ4v) is 10.1. The normalized spacial score (nSPS) is 13.1. The fraction of sp³-hybridized carbons (Fsp3) is 0.797.